The van der Waals surface area contributed by atoms with Gasteiger partial charge in [0.1, 0.15) is 5.82 Å². The van der Waals surface area contributed by atoms with E-state index in [1.807, 2.05) is 0 Å². The molecule has 0 aliphatic carbocycles. The number of nitrogens with one attached hydrogen (secondary N) is 1. The van der Waals surface area contributed by atoms with Gasteiger partial charge in [-0.3, -0.25) is 9.59 Å². The number of anilines is 1. The van der Waals surface area contributed by atoms with Gasteiger partial charge in [-0.25, -0.2) is 4.39 Å². The Morgan fingerprint density at radius 2 is 1.95 bits per heavy atom. The average Bonchev–Trinajstić information content (AvgIpc) is 2.58. The highest BCUT2D eigenvalue weighted by Crippen LogP contribution is 2.12. The molecule has 0 radical (unpaired) electrons. The van der Waals surface area contributed by atoms with E-state index in [4.69, 9.17) is 0 Å². The smallest absolute Gasteiger partial charge is 0.243 e. The molecule has 2 amide bonds. The molecule has 1 aliphatic heterocycles. The number of carbonyl (C=O) groups excluding carboxylic acids is 2. The maximum atomic E-state index is 12.7. The van der Waals surface area contributed by atoms with E-state index in [2.05, 4.69) is 5.32 Å². The Morgan fingerprint density at radius 1 is 1.21 bits per heavy atom. The summed E-state index contributed by atoms with van der Waals surface area (Å²) in [7, 11) is 0. The highest BCUT2D eigenvalue weighted by molar-refractivity contribution is 5.94. The summed E-state index contributed by atoms with van der Waals surface area (Å²) in [5.74, 6) is -0.561. The van der Waals surface area contributed by atoms with Crippen LogP contribution in [0.25, 0.3) is 0 Å². The molecule has 19 heavy (non-hydrogen) atoms. The second-order valence-corrected chi connectivity index (χ2v) is 4.68. The lowest BCUT2D eigenvalue weighted by Crippen LogP contribution is -2.37. The first-order valence-corrected chi connectivity index (χ1v) is 6.48. The van der Waals surface area contributed by atoms with E-state index in [1.165, 1.54) is 24.3 Å². The highest BCUT2D eigenvalue weighted by Gasteiger charge is 2.19. The third-order valence-corrected chi connectivity index (χ3v) is 3.13. The number of hydrogen-bond donors (Lipinski definition) is 1. The summed E-state index contributed by atoms with van der Waals surface area (Å²) in [4.78, 5) is 25.2. The lowest BCUT2D eigenvalue weighted by atomic mass is 10.2. The third kappa shape index (κ3) is 4.05. The van der Waals surface area contributed by atoms with E-state index in [-0.39, 0.29) is 24.2 Å². The Bertz CT molecular complexity index is 459. The van der Waals surface area contributed by atoms with Crippen molar-refractivity contribution in [3.05, 3.63) is 30.1 Å². The predicted molar refractivity (Wildman–Crippen MR) is 70.1 cm³/mol. The van der Waals surface area contributed by atoms with Crippen molar-refractivity contribution in [3.8, 4) is 0 Å². The molecular weight excluding hydrogens is 247 g/mol. The number of halogens is 1. The van der Waals surface area contributed by atoms with Gasteiger partial charge < -0.3 is 10.2 Å². The van der Waals surface area contributed by atoms with Gasteiger partial charge in [0.15, 0.2) is 0 Å². The number of likely N-dealkylation sites (tertiary alicyclic amines) is 1. The molecule has 0 atom stereocenters. The van der Waals surface area contributed by atoms with Crippen LogP contribution >= 0.6 is 0 Å². The fourth-order valence-corrected chi connectivity index (χ4v) is 2.11. The van der Waals surface area contributed by atoms with E-state index in [1.54, 1.807) is 4.90 Å². The van der Waals surface area contributed by atoms with Crippen LogP contribution in [0.5, 0.6) is 0 Å². The second kappa shape index (κ2) is 6.31. The Balaban J connectivity index is 1.89. The minimum atomic E-state index is -0.347. The molecule has 4 nitrogen and oxygen atoms in total. The maximum Gasteiger partial charge on any atom is 0.243 e. The fourth-order valence-electron chi connectivity index (χ4n) is 2.11. The SMILES string of the molecule is O=C(CN1CCCCCC1=O)Nc1ccc(F)cc1. The zero-order valence-corrected chi connectivity index (χ0v) is 10.7. The van der Waals surface area contributed by atoms with Crippen molar-refractivity contribution < 1.29 is 14.0 Å². The van der Waals surface area contributed by atoms with Gasteiger partial charge >= 0.3 is 0 Å². The van der Waals surface area contributed by atoms with Gasteiger partial charge in [-0.05, 0) is 37.1 Å². The largest absolute Gasteiger partial charge is 0.333 e. The molecule has 1 aliphatic rings. The van der Waals surface area contributed by atoms with Gasteiger partial charge in [-0.2, -0.15) is 0 Å². The molecule has 102 valence electrons. The van der Waals surface area contributed by atoms with Crippen LogP contribution in [-0.2, 0) is 9.59 Å². The zero-order chi connectivity index (χ0) is 13.7. The monoisotopic (exact) mass is 264 g/mol. The van der Waals surface area contributed by atoms with Gasteiger partial charge in [0.05, 0.1) is 6.54 Å². The molecule has 1 aromatic rings. The quantitative estimate of drug-likeness (QED) is 0.909. The van der Waals surface area contributed by atoms with Crippen LogP contribution in [0.1, 0.15) is 25.7 Å². The number of amides is 2. The van der Waals surface area contributed by atoms with Crippen molar-refractivity contribution in [2.24, 2.45) is 0 Å². The number of nitrogens with zero attached hydrogens (tertiary/aromatic N) is 1. The van der Waals surface area contributed by atoms with Gasteiger partial charge in [0.2, 0.25) is 11.8 Å². The van der Waals surface area contributed by atoms with Gasteiger partial charge in [-0.15, -0.1) is 0 Å². The van der Waals surface area contributed by atoms with Crippen molar-refractivity contribution in [1.29, 1.82) is 0 Å². The molecule has 0 unspecified atom stereocenters. The number of benzene rings is 1. The summed E-state index contributed by atoms with van der Waals surface area (Å²) < 4.78 is 12.7. The lowest BCUT2D eigenvalue weighted by Gasteiger charge is -2.19. The van der Waals surface area contributed by atoms with E-state index in [9.17, 15) is 14.0 Å². The first-order valence-electron chi connectivity index (χ1n) is 6.48. The summed E-state index contributed by atoms with van der Waals surface area (Å²) in [6.07, 6.45) is 3.39. The average molecular weight is 264 g/mol. The van der Waals surface area contributed by atoms with Crippen molar-refractivity contribution >= 4 is 17.5 Å². The van der Waals surface area contributed by atoms with Crippen LogP contribution in [0.15, 0.2) is 24.3 Å². The number of rotatable bonds is 3. The molecule has 1 saturated heterocycles. The highest BCUT2D eigenvalue weighted by atomic mass is 19.1. The Kier molecular flexibility index (Phi) is 4.49. The normalized spacial score (nSPS) is 16.1. The van der Waals surface area contributed by atoms with E-state index in [0.717, 1.165) is 19.3 Å². The molecule has 5 heteroatoms. The number of hydrogen-bond acceptors (Lipinski definition) is 2. The fraction of sp³-hybridized carbons (Fsp3) is 0.429. The van der Waals surface area contributed by atoms with Crippen molar-refractivity contribution in [3.63, 3.8) is 0 Å². The van der Waals surface area contributed by atoms with Gasteiger partial charge in [-0.1, -0.05) is 6.42 Å². The summed E-state index contributed by atoms with van der Waals surface area (Å²) in [5.41, 5.74) is 0.536. The van der Waals surface area contributed by atoms with Crippen LogP contribution in [-0.4, -0.2) is 29.8 Å². The Hall–Kier alpha value is -1.91. The second-order valence-electron chi connectivity index (χ2n) is 4.68. The maximum absolute atomic E-state index is 12.7. The Labute approximate surface area is 111 Å². The topological polar surface area (TPSA) is 49.4 Å². The van der Waals surface area contributed by atoms with E-state index >= 15 is 0 Å². The molecule has 1 N–H and O–H groups in total. The molecule has 0 aromatic heterocycles. The number of carbonyl (C=O) groups is 2. The first kappa shape index (κ1) is 13.5. The predicted octanol–water partition coefficient (Wildman–Crippen LogP) is 2.17. The van der Waals surface area contributed by atoms with Gasteiger partial charge in [0, 0.05) is 18.7 Å². The molecular formula is C14H17FN2O2. The van der Waals surface area contributed by atoms with Crippen molar-refractivity contribution in [2.75, 3.05) is 18.4 Å². The molecule has 1 heterocycles. The standard InChI is InChI=1S/C14H17FN2O2/c15-11-5-7-12(8-6-11)16-13(18)10-17-9-3-1-2-4-14(17)19/h5-8H,1-4,9-10H2,(H,16,18). The molecule has 0 bridgehead atoms. The summed E-state index contributed by atoms with van der Waals surface area (Å²) in [6.45, 7) is 0.700. The zero-order valence-electron chi connectivity index (χ0n) is 10.7. The van der Waals surface area contributed by atoms with E-state index in [0.29, 0.717) is 18.7 Å². The van der Waals surface area contributed by atoms with Crippen molar-refractivity contribution in [2.45, 2.75) is 25.7 Å². The minimum absolute atomic E-state index is 0.0340. The van der Waals surface area contributed by atoms with Crippen LogP contribution < -0.4 is 5.32 Å². The summed E-state index contributed by atoms with van der Waals surface area (Å²) >= 11 is 0. The van der Waals surface area contributed by atoms with Crippen LogP contribution in [0.2, 0.25) is 0 Å². The lowest BCUT2D eigenvalue weighted by molar-refractivity contribution is -0.134. The molecule has 1 aromatic carbocycles. The molecule has 1 fully saturated rings. The van der Waals surface area contributed by atoms with E-state index < -0.39 is 0 Å². The van der Waals surface area contributed by atoms with Crippen LogP contribution in [0, 0.1) is 5.82 Å². The van der Waals surface area contributed by atoms with Crippen LogP contribution in [0.3, 0.4) is 0 Å². The van der Waals surface area contributed by atoms with Gasteiger partial charge in [0.25, 0.3) is 0 Å². The Morgan fingerprint density at radius 3 is 2.68 bits per heavy atom. The molecule has 2 rings (SSSR count). The summed E-state index contributed by atoms with van der Waals surface area (Å²) in [6, 6.07) is 5.56. The van der Waals surface area contributed by atoms with Crippen LogP contribution in [0.4, 0.5) is 10.1 Å². The summed E-state index contributed by atoms with van der Waals surface area (Å²) in [5, 5.41) is 2.66. The first-order chi connectivity index (χ1) is 9.15. The third-order valence-electron chi connectivity index (χ3n) is 3.13. The minimum Gasteiger partial charge on any atom is -0.333 e. The molecule has 0 saturated carbocycles. The van der Waals surface area contributed by atoms with Crippen molar-refractivity contribution in [1.82, 2.24) is 4.90 Å². The molecule has 0 spiro atoms.